The van der Waals surface area contributed by atoms with Crippen LogP contribution in [0.2, 0.25) is 0 Å². The second-order valence-electron chi connectivity index (χ2n) is 5.76. The molecule has 1 atom stereocenters. The first-order valence-corrected chi connectivity index (χ1v) is 9.63. The number of nitrogens with two attached hydrogens (primary N) is 1. The van der Waals surface area contributed by atoms with Gasteiger partial charge < -0.3 is 15.2 Å². The molecule has 0 bridgehead atoms. The molecule has 8 nitrogen and oxygen atoms in total. The van der Waals surface area contributed by atoms with Gasteiger partial charge in [0, 0.05) is 0 Å². The lowest BCUT2D eigenvalue weighted by atomic mass is 10.2. The fourth-order valence-electron chi connectivity index (χ4n) is 2.68. The number of esters is 1. The number of ether oxygens (including phenoxy) is 2. The standard InChI is InChI=1S/C18H18N2O6S/c1-2-25-18(22)12-7-9-13(10-8-12)27(23,24)20-11-16(17(19)21)26-15-6-4-3-5-14(15)20/h3-10,16H,2,11H2,1H3,(H2,19,21)/t16-/m1/s1. The molecule has 1 heterocycles. The Balaban J connectivity index is 1.98. The van der Waals surface area contributed by atoms with Crippen molar-refractivity contribution in [1.82, 2.24) is 0 Å². The number of primary amides is 1. The van der Waals surface area contributed by atoms with Gasteiger partial charge in [-0.05, 0) is 43.3 Å². The number of rotatable bonds is 5. The number of hydrogen-bond donors (Lipinski definition) is 1. The second-order valence-corrected chi connectivity index (χ2v) is 7.62. The van der Waals surface area contributed by atoms with Crippen molar-refractivity contribution in [1.29, 1.82) is 0 Å². The van der Waals surface area contributed by atoms with E-state index in [1.54, 1.807) is 31.2 Å². The van der Waals surface area contributed by atoms with Gasteiger partial charge in [0.05, 0.1) is 29.3 Å². The minimum absolute atomic E-state index is 0.0320. The molecule has 2 aromatic carbocycles. The molecule has 27 heavy (non-hydrogen) atoms. The Morgan fingerprint density at radius 3 is 2.48 bits per heavy atom. The van der Waals surface area contributed by atoms with Crippen molar-refractivity contribution in [2.75, 3.05) is 17.5 Å². The molecule has 0 aliphatic carbocycles. The fourth-order valence-corrected chi connectivity index (χ4v) is 4.16. The fraction of sp³-hybridized carbons (Fsp3) is 0.222. The highest BCUT2D eigenvalue weighted by Crippen LogP contribution is 2.36. The van der Waals surface area contributed by atoms with Gasteiger partial charge in [0.1, 0.15) is 5.75 Å². The lowest BCUT2D eigenvalue weighted by Crippen LogP contribution is -2.49. The Bertz CT molecular complexity index is 972. The van der Waals surface area contributed by atoms with Gasteiger partial charge in [0.2, 0.25) is 0 Å². The maximum atomic E-state index is 13.1. The number of nitrogens with zero attached hydrogens (tertiary/aromatic N) is 1. The summed E-state index contributed by atoms with van der Waals surface area (Å²) < 4.78 is 37.7. The maximum Gasteiger partial charge on any atom is 0.338 e. The van der Waals surface area contributed by atoms with Gasteiger partial charge in [-0.3, -0.25) is 9.10 Å². The number of anilines is 1. The smallest absolute Gasteiger partial charge is 0.338 e. The number of hydrogen-bond acceptors (Lipinski definition) is 6. The minimum Gasteiger partial charge on any atom is -0.476 e. The molecule has 0 saturated heterocycles. The molecule has 0 saturated carbocycles. The third-order valence-corrected chi connectivity index (χ3v) is 5.80. The predicted octanol–water partition coefficient (Wildman–Crippen LogP) is 1.30. The van der Waals surface area contributed by atoms with Crippen LogP contribution in [-0.4, -0.2) is 39.5 Å². The topological polar surface area (TPSA) is 116 Å². The molecule has 1 amide bonds. The maximum absolute atomic E-state index is 13.1. The number of para-hydroxylation sites is 2. The molecular formula is C18H18N2O6S. The molecule has 0 spiro atoms. The molecule has 142 valence electrons. The number of benzene rings is 2. The zero-order chi connectivity index (χ0) is 19.6. The summed E-state index contributed by atoms with van der Waals surface area (Å²) in [6.07, 6.45) is -1.10. The number of amides is 1. The van der Waals surface area contributed by atoms with E-state index in [-0.39, 0.29) is 29.4 Å². The van der Waals surface area contributed by atoms with Crippen molar-refractivity contribution in [3.63, 3.8) is 0 Å². The van der Waals surface area contributed by atoms with E-state index in [9.17, 15) is 18.0 Å². The first kappa shape index (κ1) is 18.7. The van der Waals surface area contributed by atoms with Gasteiger partial charge in [-0.2, -0.15) is 0 Å². The summed E-state index contributed by atoms with van der Waals surface area (Å²) in [5.74, 6) is -1.05. The van der Waals surface area contributed by atoms with Gasteiger partial charge >= 0.3 is 5.97 Å². The van der Waals surface area contributed by atoms with E-state index in [2.05, 4.69) is 0 Å². The summed E-state index contributed by atoms with van der Waals surface area (Å²) in [6.45, 7) is 1.66. The van der Waals surface area contributed by atoms with E-state index in [4.69, 9.17) is 15.2 Å². The van der Waals surface area contributed by atoms with Crippen LogP contribution in [0.15, 0.2) is 53.4 Å². The molecule has 3 rings (SSSR count). The van der Waals surface area contributed by atoms with Crippen molar-refractivity contribution < 1.29 is 27.5 Å². The molecule has 0 unspecified atom stereocenters. The van der Waals surface area contributed by atoms with E-state index in [0.29, 0.717) is 5.69 Å². The first-order valence-electron chi connectivity index (χ1n) is 8.19. The number of fused-ring (bicyclic) bond motifs is 1. The zero-order valence-corrected chi connectivity index (χ0v) is 15.3. The van der Waals surface area contributed by atoms with Gasteiger partial charge in [-0.15, -0.1) is 0 Å². The summed E-state index contributed by atoms with van der Waals surface area (Å²) in [5, 5.41) is 0. The highest BCUT2D eigenvalue weighted by Gasteiger charge is 2.36. The van der Waals surface area contributed by atoms with Crippen LogP contribution in [0.3, 0.4) is 0 Å². The van der Waals surface area contributed by atoms with Crippen LogP contribution in [0.1, 0.15) is 17.3 Å². The van der Waals surface area contributed by atoms with E-state index >= 15 is 0 Å². The predicted molar refractivity (Wildman–Crippen MR) is 97.0 cm³/mol. The van der Waals surface area contributed by atoms with Crippen LogP contribution in [0.25, 0.3) is 0 Å². The highest BCUT2D eigenvalue weighted by atomic mass is 32.2. The van der Waals surface area contributed by atoms with E-state index in [0.717, 1.165) is 4.31 Å². The summed E-state index contributed by atoms with van der Waals surface area (Å²) in [5.41, 5.74) is 5.87. The molecule has 1 aliphatic rings. The number of sulfonamides is 1. The normalized spacial score (nSPS) is 16.2. The Morgan fingerprint density at radius 2 is 1.85 bits per heavy atom. The molecule has 2 aromatic rings. The van der Waals surface area contributed by atoms with Crippen molar-refractivity contribution in [2.45, 2.75) is 17.9 Å². The molecule has 0 fully saturated rings. The summed E-state index contributed by atoms with van der Waals surface area (Å²) in [7, 11) is -4.00. The molecule has 1 aliphatic heterocycles. The van der Waals surface area contributed by atoms with Crippen molar-refractivity contribution in [3.8, 4) is 5.75 Å². The van der Waals surface area contributed by atoms with E-state index in [1.807, 2.05) is 0 Å². The molecule has 0 aromatic heterocycles. The Kier molecular flexibility index (Phi) is 5.04. The van der Waals surface area contributed by atoms with Crippen LogP contribution in [0.4, 0.5) is 5.69 Å². The Labute approximate surface area is 156 Å². The average Bonchev–Trinajstić information content (AvgIpc) is 2.67. The minimum atomic E-state index is -4.00. The molecule has 2 N–H and O–H groups in total. The lowest BCUT2D eigenvalue weighted by molar-refractivity contribution is -0.124. The number of carbonyl (C=O) groups excluding carboxylic acids is 2. The monoisotopic (exact) mass is 390 g/mol. The summed E-state index contributed by atoms with van der Waals surface area (Å²) in [4.78, 5) is 23.3. The van der Waals surface area contributed by atoms with Crippen molar-refractivity contribution in [3.05, 3.63) is 54.1 Å². The van der Waals surface area contributed by atoms with E-state index in [1.165, 1.54) is 24.3 Å². The highest BCUT2D eigenvalue weighted by molar-refractivity contribution is 7.92. The molecule has 9 heteroatoms. The second kappa shape index (κ2) is 7.28. The van der Waals surface area contributed by atoms with Crippen LogP contribution in [0.5, 0.6) is 5.75 Å². The van der Waals surface area contributed by atoms with Gasteiger partial charge in [-0.25, -0.2) is 13.2 Å². The van der Waals surface area contributed by atoms with Gasteiger partial charge in [0.15, 0.2) is 6.10 Å². The average molecular weight is 390 g/mol. The lowest BCUT2D eigenvalue weighted by Gasteiger charge is -2.34. The van der Waals surface area contributed by atoms with Crippen molar-refractivity contribution >= 4 is 27.6 Å². The summed E-state index contributed by atoms with van der Waals surface area (Å²) in [6, 6.07) is 11.9. The van der Waals surface area contributed by atoms with Crippen molar-refractivity contribution in [2.24, 2.45) is 5.73 Å². The largest absolute Gasteiger partial charge is 0.476 e. The van der Waals surface area contributed by atoms with Gasteiger partial charge in [-0.1, -0.05) is 12.1 Å². The zero-order valence-electron chi connectivity index (χ0n) is 14.5. The van der Waals surface area contributed by atoms with Crippen LogP contribution in [-0.2, 0) is 19.6 Å². The van der Waals surface area contributed by atoms with Crippen LogP contribution >= 0.6 is 0 Å². The SMILES string of the molecule is CCOC(=O)c1ccc(S(=O)(=O)N2C[C@H](C(N)=O)Oc3ccccc32)cc1. The Morgan fingerprint density at radius 1 is 1.19 bits per heavy atom. The summed E-state index contributed by atoms with van der Waals surface area (Å²) >= 11 is 0. The first-order chi connectivity index (χ1) is 12.8. The third-order valence-electron chi connectivity index (χ3n) is 4.01. The van der Waals surface area contributed by atoms with Crippen LogP contribution < -0.4 is 14.8 Å². The Hall–Kier alpha value is -3.07. The number of carbonyl (C=O) groups is 2. The quantitative estimate of drug-likeness (QED) is 0.770. The molecular weight excluding hydrogens is 372 g/mol. The van der Waals surface area contributed by atoms with E-state index < -0.39 is 28.0 Å². The van der Waals surface area contributed by atoms with Crippen LogP contribution in [0, 0.1) is 0 Å². The third kappa shape index (κ3) is 3.59. The van der Waals surface area contributed by atoms with Gasteiger partial charge in [0.25, 0.3) is 15.9 Å². The molecule has 0 radical (unpaired) electrons.